The highest BCUT2D eigenvalue weighted by Crippen LogP contribution is 2.08. The van der Waals surface area contributed by atoms with Crippen LogP contribution >= 0.6 is 0 Å². The van der Waals surface area contributed by atoms with Crippen molar-refractivity contribution >= 4 is 0 Å². The van der Waals surface area contributed by atoms with Gasteiger partial charge in [-0.15, -0.1) is 0 Å². The van der Waals surface area contributed by atoms with Crippen LogP contribution in [-0.2, 0) is 0 Å². The van der Waals surface area contributed by atoms with Crippen LogP contribution in [0.5, 0.6) is 0 Å². The highest BCUT2D eigenvalue weighted by molar-refractivity contribution is 5.17. The number of hydrogen-bond acceptors (Lipinski definition) is 0. The summed E-state index contributed by atoms with van der Waals surface area (Å²) >= 11 is 0. The van der Waals surface area contributed by atoms with Crippen LogP contribution in [0.15, 0.2) is 60.8 Å². The highest BCUT2D eigenvalue weighted by atomic mass is 13.9. The van der Waals surface area contributed by atoms with E-state index in [9.17, 15) is 0 Å². The lowest BCUT2D eigenvalue weighted by Gasteiger charge is -1.97. The van der Waals surface area contributed by atoms with Crippen LogP contribution in [0.25, 0.3) is 0 Å². The zero-order valence-electron chi connectivity index (χ0n) is 10.7. The predicted molar refractivity (Wildman–Crippen MR) is 78.0 cm³/mol. The van der Waals surface area contributed by atoms with Crippen LogP contribution in [0, 0.1) is 0 Å². The average molecular weight is 228 g/mol. The first-order chi connectivity index (χ1) is 8.50. The van der Waals surface area contributed by atoms with E-state index in [1.807, 2.05) is 0 Å². The van der Waals surface area contributed by atoms with Gasteiger partial charge in [-0.3, -0.25) is 0 Å². The first kappa shape index (κ1) is 13.8. The van der Waals surface area contributed by atoms with E-state index in [0.717, 1.165) is 0 Å². The average Bonchev–Trinajstić information content (AvgIpc) is 2.35. The molecule has 0 nitrogen and oxygen atoms in total. The third kappa shape index (κ3) is 9.62. The minimum absolute atomic E-state index is 1.22. The van der Waals surface area contributed by atoms with Gasteiger partial charge in [0.05, 0.1) is 0 Å². The monoisotopic (exact) mass is 228 g/mol. The molecule has 0 aliphatic heterocycles. The molecule has 1 rings (SSSR count). The van der Waals surface area contributed by atoms with Crippen molar-refractivity contribution in [2.75, 3.05) is 0 Å². The zero-order chi connectivity index (χ0) is 12.0. The second kappa shape index (κ2) is 11.2. The molecule has 0 heterocycles. The summed E-state index contributed by atoms with van der Waals surface area (Å²) in [5.41, 5.74) is 0. The Morgan fingerprint density at radius 1 is 0.353 bits per heavy atom. The molecule has 0 N–H and O–H groups in total. The summed E-state index contributed by atoms with van der Waals surface area (Å²) in [5, 5.41) is 0. The number of rotatable bonds is 0. The van der Waals surface area contributed by atoms with Crippen molar-refractivity contribution in [1.82, 2.24) is 0 Å². The van der Waals surface area contributed by atoms with E-state index < -0.39 is 0 Å². The number of allylic oxidation sites excluding steroid dienone is 10. The van der Waals surface area contributed by atoms with Gasteiger partial charge in [0.15, 0.2) is 0 Å². The van der Waals surface area contributed by atoms with Crippen LogP contribution in [0.1, 0.15) is 44.9 Å². The fraction of sp³-hybridized carbons (Fsp3) is 0.412. The third-order valence-electron chi connectivity index (χ3n) is 2.79. The van der Waals surface area contributed by atoms with Gasteiger partial charge in [0.2, 0.25) is 0 Å². The van der Waals surface area contributed by atoms with Gasteiger partial charge in [-0.2, -0.15) is 0 Å². The standard InChI is InChI=1S/C17H24/c1-2-4-6-8-10-12-14-16-17-15-13-11-9-7-5-3-1/h1-10H,11-17H2/b2-1+,5-3-,6-4+,9-7+,10-8?. The molecule has 92 valence electrons. The molecule has 0 amide bonds. The Balaban J connectivity index is 2.38. The Labute approximate surface area is 106 Å². The van der Waals surface area contributed by atoms with Crippen molar-refractivity contribution in [2.45, 2.75) is 44.9 Å². The molecule has 0 radical (unpaired) electrons. The summed E-state index contributed by atoms with van der Waals surface area (Å²) in [5.74, 6) is 0. The minimum atomic E-state index is 1.22. The van der Waals surface area contributed by atoms with E-state index >= 15 is 0 Å². The van der Waals surface area contributed by atoms with Crippen LogP contribution in [0.3, 0.4) is 0 Å². The lowest BCUT2D eigenvalue weighted by atomic mass is 10.1. The van der Waals surface area contributed by atoms with Crippen molar-refractivity contribution < 1.29 is 0 Å². The Hall–Kier alpha value is -1.30. The van der Waals surface area contributed by atoms with Gasteiger partial charge in [0.1, 0.15) is 0 Å². The highest BCUT2D eigenvalue weighted by Gasteiger charge is 1.88. The van der Waals surface area contributed by atoms with E-state index in [1.165, 1.54) is 44.9 Å². The molecule has 0 spiro atoms. The Kier molecular flexibility index (Phi) is 9.06. The van der Waals surface area contributed by atoms with Crippen LogP contribution in [0.4, 0.5) is 0 Å². The van der Waals surface area contributed by atoms with Gasteiger partial charge in [-0.1, -0.05) is 80.0 Å². The van der Waals surface area contributed by atoms with Crippen LogP contribution in [0.2, 0.25) is 0 Å². The molecule has 0 aromatic rings. The van der Waals surface area contributed by atoms with Gasteiger partial charge in [-0.05, 0) is 25.7 Å². The fourth-order valence-corrected chi connectivity index (χ4v) is 1.79. The molecule has 17 heavy (non-hydrogen) atoms. The maximum atomic E-state index is 2.26. The predicted octanol–water partition coefficient (Wildman–Crippen LogP) is 5.51. The minimum Gasteiger partial charge on any atom is -0.0845 e. The largest absolute Gasteiger partial charge is 0.0845 e. The molecule has 0 saturated heterocycles. The van der Waals surface area contributed by atoms with Gasteiger partial charge in [-0.25, -0.2) is 0 Å². The topological polar surface area (TPSA) is 0 Å². The van der Waals surface area contributed by atoms with E-state index in [2.05, 4.69) is 60.8 Å². The normalized spacial score (nSPS) is 26.8. The first-order valence-electron chi connectivity index (χ1n) is 6.82. The summed E-state index contributed by atoms with van der Waals surface area (Å²) in [6.45, 7) is 0. The molecule has 0 fully saturated rings. The van der Waals surface area contributed by atoms with Gasteiger partial charge >= 0.3 is 0 Å². The van der Waals surface area contributed by atoms with Crippen molar-refractivity contribution in [3.63, 3.8) is 0 Å². The summed E-state index contributed by atoms with van der Waals surface area (Å²) in [6, 6.07) is 0. The van der Waals surface area contributed by atoms with E-state index in [-0.39, 0.29) is 0 Å². The summed E-state index contributed by atoms with van der Waals surface area (Å²) in [7, 11) is 0. The summed E-state index contributed by atoms with van der Waals surface area (Å²) in [6.07, 6.45) is 30.5. The molecule has 0 heteroatoms. The zero-order valence-corrected chi connectivity index (χ0v) is 10.7. The molecular formula is C17H24. The lowest BCUT2D eigenvalue weighted by molar-refractivity contribution is 0.622. The summed E-state index contributed by atoms with van der Waals surface area (Å²) in [4.78, 5) is 0. The van der Waals surface area contributed by atoms with Gasteiger partial charge in [0.25, 0.3) is 0 Å². The third-order valence-corrected chi connectivity index (χ3v) is 2.79. The molecule has 1 aliphatic rings. The van der Waals surface area contributed by atoms with Crippen molar-refractivity contribution in [1.29, 1.82) is 0 Å². The smallest absolute Gasteiger partial charge is 0.0348 e. The Morgan fingerprint density at radius 3 is 1.18 bits per heavy atom. The lowest BCUT2D eigenvalue weighted by Crippen LogP contribution is -1.78. The molecule has 0 aromatic carbocycles. The molecule has 0 unspecified atom stereocenters. The molecule has 0 saturated carbocycles. The van der Waals surface area contributed by atoms with Crippen molar-refractivity contribution in [3.05, 3.63) is 60.8 Å². The molecule has 1 aliphatic carbocycles. The van der Waals surface area contributed by atoms with E-state index in [4.69, 9.17) is 0 Å². The van der Waals surface area contributed by atoms with Crippen LogP contribution < -0.4 is 0 Å². The molecule has 0 bridgehead atoms. The molecule has 0 atom stereocenters. The summed E-state index contributed by atoms with van der Waals surface area (Å²) < 4.78 is 0. The SMILES string of the molecule is C1=CCCCCCCC/C=C/C=C\C=C\C=C\1. The van der Waals surface area contributed by atoms with Crippen LogP contribution in [-0.4, -0.2) is 0 Å². The second-order valence-corrected chi connectivity index (χ2v) is 4.36. The second-order valence-electron chi connectivity index (χ2n) is 4.36. The Morgan fingerprint density at radius 2 is 0.706 bits per heavy atom. The molecule has 0 aromatic heterocycles. The van der Waals surface area contributed by atoms with Gasteiger partial charge < -0.3 is 0 Å². The maximum Gasteiger partial charge on any atom is -0.0348 e. The fourth-order valence-electron chi connectivity index (χ4n) is 1.79. The first-order valence-corrected chi connectivity index (χ1v) is 6.82. The molecular weight excluding hydrogens is 204 g/mol. The number of hydrogen-bond donors (Lipinski definition) is 0. The van der Waals surface area contributed by atoms with E-state index in [1.54, 1.807) is 0 Å². The van der Waals surface area contributed by atoms with E-state index in [0.29, 0.717) is 0 Å². The Bertz CT molecular complexity index is 270. The van der Waals surface area contributed by atoms with Crippen molar-refractivity contribution in [2.24, 2.45) is 0 Å². The maximum absolute atomic E-state index is 2.26. The van der Waals surface area contributed by atoms with Gasteiger partial charge in [0, 0.05) is 0 Å². The van der Waals surface area contributed by atoms with Crippen molar-refractivity contribution in [3.8, 4) is 0 Å². The quantitative estimate of drug-likeness (QED) is 0.512.